The van der Waals surface area contributed by atoms with Gasteiger partial charge < -0.3 is 10.4 Å². The van der Waals surface area contributed by atoms with Crippen LogP contribution in [0.1, 0.15) is 6.92 Å². The van der Waals surface area contributed by atoms with Crippen molar-refractivity contribution in [3.8, 4) is 0 Å². The summed E-state index contributed by atoms with van der Waals surface area (Å²) >= 11 is 1.64. The van der Waals surface area contributed by atoms with Crippen molar-refractivity contribution in [1.29, 1.82) is 0 Å². The zero-order chi connectivity index (χ0) is 13.0. The number of fused-ring (bicyclic) bond motifs is 1. The van der Waals surface area contributed by atoms with Crippen LogP contribution in [0.25, 0.3) is 11.0 Å². The third-order valence-corrected chi connectivity index (χ3v) is 4.03. The topological polar surface area (TPSA) is 58.0 Å². The van der Waals surface area contributed by atoms with Crippen molar-refractivity contribution < 1.29 is 5.11 Å². The second-order valence-electron chi connectivity index (χ2n) is 4.13. The maximum Gasteiger partial charge on any atom is 0.145 e. The van der Waals surface area contributed by atoms with E-state index in [-0.39, 0.29) is 17.9 Å². The first-order chi connectivity index (χ1) is 8.74. The van der Waals surface area contributed by atoms with E-state index in [9.17, 15) is 5.11 Å². The molecule has 0 amide bonds. The molecule has 18 heavy (non-hydrogen) atoms. The highest BCUT2D eigenvalue weighted by Crippen LogP contribution is 2.16. The minimum absolute atomic E-state index is 0.139. The lowest BCUT2D eigenvalue weighted by molar-refractivity contribution is 0.288. The lowest BCUT2D eigenvalue weighted by atomic mass is 10.2. The maximum absolute atomic E-state index is 9.25. The van der Waals surface area contributed by atoms with E-state index in [1.54, 1.807) is 18.0 Å². The number of aliphatic hydroxyl groups is 1. The molecule has 0 aliphatic carbocycles. The van der Waals surface area contributed by atoms with E-state index in [0.29, 0.717) is 0 Å². The van der Waals surface area contributed by atoms with E-state index in [1.165, 1.54) is 0 Å². The minimum Gasteiger partial charge on any atom is -0.395 e. The van der Waals surface area contributed by atoms with Crippen molar-refractivity contribution in [3.63, 3.8) is 0 Å². The molecule has 0 saturated heterocycles. The molecule has 0 aliphatic heterocycles. The van der Waals surface area contributed by atoms with Crippen LogP contribution in [0.4, 0.5) is 5.82 Å². The van der Waals surface area contributed by atoms with Gasteiger partial charge in [-0.2, -0.15) is 11.8 Å². The van der Waals surface area contributed by atoms with Crippen LogP contribution in [0.3, 0.4) is 0 Å². The summed E-state index contributed by atoms with van der Waals surface area (Å²) in [5.41, 5.74) is 1.76. The molecule has 0 bridgehead atoms. The number of thioether (sulfide) groups is 1. The highest BCUT2D eigenvalue weighted by atomic mass is 32.2. The van der Waals surface area contributed by atoms with Crippen LogP contribution in [-0.4, -0.2) is 39.2 Å². The quantitative estimate of drug-likeness (QED) is 0.865. The molecule has 1 aromatic carbocycles. The van der Waals surface area contributed by atoms with Crippen molar-refractivity contribution >= 4 is 28.6 Å². The second kappa shape index (κ2) is 6.02. The fraction of sp³-hybridized carbons (Fsp3) is 0.385. The molecule has 2 aromatic rings. The molecular formula is C13H17N3OS. The van der Waals surface area contributed by atoms with Crippen LogP contribution in [0.5, 0.6) is 0 Å². The molecule has 2 atom stereocenters. The SMILES string of the molecule is CSC(CO)C(C)Nc1cnc2ccccc2n1. The number of nitrogens with one attached hydrogen (secondary N) is 1. The molecule has 2 N–H and O–H groups in total. The largest absolute Gasteiger partial charge is 0.395 e. The number of para-hydroxylation sites is 2. The summed E-state index contributed by atoms with van der Waals surface area (Å²) in [4.78, 5) is 8.85. The summed E-state index contributed by atoms with van der Waals surface area (Å²) in [7, 11) is 0. The van der Waals surface area contributed by atoms with Crippen molar-refractivity contribution in [1.82, 2.24) is 9.97 Å². The molecule has 1 heterocycles. The van der Waals surface area contributed by atoms with Crippen LogP contribution in [0, 0.1) is 0 Å². The monoisotopic (exact) mass is 263 g/mol. The predicted octanol–water partition coefficient (Wildman–Crippen LogP) is 2.15. The van der Waals surface area contributed by atoms with Gasteiger partial charge >= 0.3 is 0 Å². The van der Waals surface area contributed by atoms with Crippen LogP contribution >= 0.6 is 11.8 Å². The predicted molar refractivity (Wildman–Crippen MR) is 77.0 cm³/mol. The van der Waals surface area contributed by atoms with Gasteiger partial charge in [-0.25, -0.2) is 4.98 Å². The number of hydrogen-bond donors (Lipinski definition) is 2. The van der Waals surface area contributed by atoms with E-state index in [0.717, 1.165) is 16.9 Å². The normalized spacial score (nSPS) is 14.4. The van der Waals surface area contributed by atoms with Crippen LogP contribution in [0.2, 0.25) is 0 Å². The Kier molecular flexibility index (Phi) is 4.38. The summed E-state index contributed by atoms with van der Waals surface area (Å²) in [5, 5.41) is 12.7. The first-order valence-corrected chi connectivity index (χ1v) is 7.15. The van der Waals surface area contributed by atoms with Crippen LogP contribution in [-0.2, 0) is 0 Å². The number of benzene rings is 1. The Morgan fingerprint density at radius 1 is 1.33 bits per heavy atom. The Labute approximate surface area is 111 Å². The number of hydrogen-bond acceptors (Lipinski definition) is 5. The maximum atomic E-state index is 9.25. The zero-order valence-corrected chi connectivity index (χ0v) is 11.3. The van der Waals surface area contributed by atoms with E-state index in [2.05, 4.69) is 15.3 Å². The Balaban J connectivity index is 2.16. The zero-order valence-electron chi connectivity index (χ0n) is 10.5. The third kappa shape index (κ3) is 2.91. The van der Waals surface area contributed by atoms with Crippen molar-refractivity contribution in [3.05, 3.63) is 30.5 Å². The molecule has 0 radical (unpaired) electrons. The Bertz CT molecular complexity index is 516. The van der Waals surface area contributed by atoms with E-state index >= 15 is 0 Å². The molecular weight excluding hydrogens is 246 g/mol. The summed E-state index contributed by atoms with van der Waals surface area (Å²) in [6.07, 6.45) is 3.72. The number of nitrogens with zero attached hydrogens (tertiary/aromatic N) is 2. The number of anilines is 1. The number of rotatable bonds is 5. The second-order valence-corrected chi connectivity index (χ2v) is 5.21. The van der Waals surface area contributed by atoms with E-state index < -0.39 is 0 Å². The van der Waals surface area contributed by atoms with Crippen molar-refractivity contribution in [2.75, 3.05) is 18.2 Å². The fourth-order valence-corrected chi connectivity index (χ4v) is 2.42. The van der Waals surface area contributed by atoms with Gasteiger partial charge in [0, 0.05) is 11.3 Å². The molecule has 96 valence electrons. The summed E-state index contributed by atoms with van der Waals surface area (Å²) < 4.78 is 0. The first kappa shape index (κ1) is 13.1. The molecule has 0 fully saturated rings. The molecule has 5 heteroatoms. The van der Waals surface area contributed by atoms with Gasteiger partial charge in [-0.05, 0) is 25.3 Å². The summed E-state index contributed by atoms with van der Waals surface area (Å²) in [5.74, 6) is 0.744. The summed E-state index contributed by atoms with van der Waals surface area (Å²) in [6.45, 7) is 2.19. The lowest BCUT2D eigenvalue weighted by Crippen LogP contribution is -2.31. The number of aliphatic hydroxyl groups excluding tert-OH is 1. The smallest absolute Gasteiger partial charge is 0.145 e. The van der Waals surface area contributed by atoms with E-state index in [1.807, 2.05) is 37.4 Å². The van der Waals surface area contributed by atoms with Crippen LogP contribution < -0.4 is 5.32 Å². The van der Waals surface area contributed by atoms with E-state index in [4.69, 9.17) is 0 Å². The minimum atomic E-state index is 0.139. The molecule has 2 rings (SSSR count). The van der Waals surface area contributed by atoms with Gasteiger partial charge in [0.05, 0.1) is 23.8 Å². The molecule has 0 aliphatic rings. The van der Waals surface area contributed by atoms with Gasteiger partial charge in [-0.3, -0.25) is 4.98 Å². The molecule has 4 nitrogen and oxygen atoms in total. The highest BCUT2D eigenvalue weighted by molar-refractivity contribution is 7.99. The van der Waals surface area contributed by atoms with Gasteiger partial charge in [0.15, 0.2) is 0 Å². The first-order valence-electron chi connectivity index (χ1n) is 5.86. The molecule has 1 aromatic heterocycles. The summed E-state index contributed by atoms with van der Waals surface area (Å²) in [6, 6.07) is 7.91. The van der Waals surface area contributed by atoms with Gasteiger partial charge in [-0.1, -0.05) is 12.1 Å². The number of aromatic nitrogens is 2. The standard InChI is InChI=1S/C13H17N3OS/c1-9(12(8-17)18-2)15-13-7-14-10-5-3-4-6-11(10)16-13/h3-7,9,12,17H,8H2,1-2H3,(H,15,16). The van der Waals surface area contributed by atoms with Gasteiger partial charge in [0.1, 0.15) is 5.82 Å². The Morgan fingerprint density at radius 3 is 2.72 bits per heavy atom. The third-order valence-electron chi connectivity index (χ3n) is 2.86. The van der Waals surface area contributed by atoms with Gasteiger partial charge in [-0.15, -0.1) is 0 Å². The highest BCUT2D eigenvalue weighted by Gasteiger charge is 2.15. The Morgan fingerprint density at radius 2 is 2.06 bits per heavy atom. The molecule has 2 unspecified atom stereocenters. The van der Waals surface area contributed by atoms with Gasteiger partial charge in [0.2, 0.25) is 0 Å². The Hall–Kier alpha value is -1.33. The lowest BCUT2D eigenvalue weighted by Gasteiger charge is -2.21. The van der Waals surface area contributed by atoms with Crippen molar-refractivity contribution in [2.45, 2.75) is 18.2 Å². The molecule has 0 saturated carbocycles. The van der Waals surface area contributed by atoms with Crippen molar-refractivity contribution in [2.24, 2.45) is 0 Å². The van der Waals surface area contributed by atoms with Crippen LogP contribution in [0.15, 0.2) is 30.5 Å². The fourth-order valence-electron chi connectivity index (χ4n) is 1.79. The molecule has 0 spiro atoms. The van der Waals surface area contributed by atoms with Gasteiger partial charge in [0.25, 0.3) is 0 Å². The average Bonchev–Trinajstić information content (AvgIpc) is 2.40. The average molecular weight is 263 g/mol.